The molecule has 1 amide bonds. The average Bonchev–Trinajstić information content (AvgIpc) is 3.15. The number of piperidine rings is 1. The van der Waals surface area contributed by atoms with Gasteiger partial charge in [0.05, 0.1) is 39.0 Å². The molecule has 2 aliphatic rings. The van der Waals surface area contributed by atoms with Crippen molar-refractivity contribution in [3.05, 3.63) is 23.8 Å². The van der Waals surface area contributed by atoms with Crippen LogP contribution in [-0.2, 0) is 9.47 Å². The number of hydrogen-bond donors (Lipinski definition) is 0. The Hall–Kier alpha value is -1.79. The molecule has 2 aliphatic heterocycles. The summed E-state index contributed by atoms with van der Waals surface area (Å²) >= 11 is 0. The number of carbonyl (C=O) groups is 1. The maximum absolute atomic E-state index is 13.1. The predicted octanol–water partition coefficient (Wildman–Crippen LogP) is 2.07. The molecule has 0 N–H and O–H groups in total. The smallest absolute Gasteiger partial charge is 0.258 e. The monoisotopic (exact) mass is 321 g/mol. The van der Waals surface area contributed by atoms with Gasteiger partial charge < -0.3 is 23.8 Å². The fraction of sp³-hybridized carbons (Fsp3) is 0.588. The summed E-state index contributed by atoms with van der Waals surface area (Å²) in [6.45, 7) is 1.88. The lowest BCUT2D eigenvalue weighted by atomic mass is 10.00. The van der Waals surface area contributed by atoms with Gasteiger partial charge in [0.15, 0.2) is 6.29 Å². The number of nitrogens with zero attached hydrogens (tertiary/aromatic N) is 1. The summed E-state index contributed by atoms with van der Waals surface area (Å²) in [5, 5.41) is 0. The number of amides is 1. The largest absolute Gasteiger partial charge is 0.497 e. The highest BCUT2D eigenvalue weighted by atomic mass is 16.7. The van der Waals surface area contributed by atoms with Crippen LogP contribution < -0.4 is 9.47 Å². The van der Waals surface area contributed by atoms with Crippen molar-refractivity contribution >= 4 is 5.91 Å². The number of benzene rings is 1. The lowest BCUT2D eigenvalue weighted by Crippen LogP contribution is -2.50. The molecule has 6 nitrogen and oxygen atoms in total. The second-order valence-electron chi connectivity index (χ2n) is 5.74. The summed E-state index contributed by atoms with van der Waals surface area (Å²) in [6.07, 6.45) is 2.63. The maximum Gasteiger partial charge on any atom is 0.258 e. The third kappa shape index (κ3) is 3.28. The first-order chi connectivity index (χ1) is 11.2. The second kappa shape index (κ2) is 7.19. The minimum Gasteiger partial charge on any atom is -0.497 e. The molecule has 1 aromatic carbocycles. The summed E-state index contributed by atoms with van der Waals surface area (Å²) < 4.78 is 21.9. The highest BCUT2D eigenvalue weighted by Crippen LogP contribution is 2.30. The van der Waals surface area contributed by atoms with E-state index in [0.717, 1.165) is 19.3 Å². The molecule has 1 aromatic rings. The molecule has 126 valence electrons. The van der Waals surface area contributed by atoms with E-state index in [0.29, 0.717) is 36.8 Å². The molecular formula is C17H23NO5. The summed E-state index contributed by atoms with van der Waals surface area (Å²) in [4.78, 5) is 15.0. The number of rotatable bonds is 4. The van der Waals surface area contributed by atoms with Gasteiger partial charge in [-0.15, -0.1) is 0 Å². The molecule has 0 spiro atoms. The van der Waals surface area contributed by atoms with Gasteiger partial charge >= 0.3 is 0 Å². The molecule has 0 radical (unpaired) electrons. The fourth-order valence-corrected chi connectivity index (χ4v) is 3.23. The van der Waals surface area contributed by atoms with Crippen LogP contribution >= 0.6 is 0 Å². The number of methoxy groups -OCH3 is 2. The van der Waals surface area contributed by atoms with Crippen LogP contribution in [0.4, 0.5) is 0 Å². The molecule has 23 heavy (non-hydrogen) atoms. The van der Waals surface area contributed by atoms with Crippen molar-refractivity contribution in [1.29, 1.82) is 0 Å². The number of hydrogen-bond acceptors (Lipinski definition) is 5. The normalized spacial score (nSPS) is 22.2. The van der Waals surface area contributed by atoms with Crippen molar-refractivity contribution in [3.8, 4) is 11.5 Å². The van der Waals surface area contributed by atoms with E-state index in [4.69, 9.17) is 18.9 Å². The van der Waals surface area contributed by atoms with E-state index in [9.17, 15) is 4.79 Å². The van der Waals surface area contributed by atoms with E-state index in [-0.39, 0.29) is 18.2 Å². The number of likely N-dealkylation sites (tertiary alicyclic amines) is 1. The fourth-order valence-electron chi connectivity index (χ4n) is 3.23. The highest BCUT2D eigenvalue weighted by Gasteiger charge is 2.37. The standard InChI is InChI=1S/C17H23NO5/c1-20-12-6-7-15(21-2)13(11-12)16(19)18-8-4-3-5-14(18)17-22-9-10-23-17/h6-7,11,14,17H,3-5,8-10H2,1-2H3/t14-/m0/s1. The third-order valence-electron chi connectivity index (χ3n) is 4.41. The minimum atomic E-state index is -0.323. The molecule has 0 aliphatic carbocycles. The van der Waals surface area contributed by atoms with Crippen molar-refractivity contribution in [2.24, 2.45) is 0 Å². The summed E-state index contributed by atoms with van der Waals surface area (Å²) in [5.74, 6) is 1.12. The van der Waals surface area contributed by atoms with Gasteiger partial charge in [0.2, 0.25) is 0 Å². The zero-order valence-electron chi connectivity index (χ0n) is 13.6. The van der Waals surface area contributed by atoms with Crippen molar-refractivity contribution in [1.82, 2.24) is 4.90 Å². The Morgan fingerprint density at radius 1 is 1.17 bits per heavy atom. The number of ether oxygens (including phenoxy) is 4. The van der Waals surface area contributed by atoms with E-state index < -0.39 is 0 Å². The second-order valence-corrected chi connectivity index (χ2v) is 5.74. The van der Waals surface area contributed by atoms with Crippen LogP contribution in [0.25, 0.3) is 0 Å². The van der Waals surface area contributed by atoms with Gasteiger partial charge in [-0.05, 0) is 37.5 Å². The topological polar surface area (TPSA) is 57.2 Å². The first kappa shape index (κ1) is 16.1. The molecule has 6 heteroatoms. The van der Waals surface area contributed by atoms with Crippen LogP contribution in [0.15, 0.2) is 18.2 Å². The molecule has 1 atom stereocenters. The van der Waals surface area contributed by atoms with Crippen LogP contribution in [0, 0.1) is 0 Å². The third-order valence-corrected chi connectivity index (χ3v) is 4.41. The molecule has 3 rings (SSSR count). The Bertz CT molecular complexity index is 556. The first-order valence-corrected chi connectivity index (χ1v) is 8.01. The van der Waals surface area contributed by atoms with Gasteiger partial charge in [-0.2, -0.15) is 0 Å². The van der Waals surface area contributed by atoms with Crippen molar-refractivity contribution < 1.29 is 23.7 Å². The summed E-state index contributed by atoms with van der Waals surface area (Å²) in [5.41, 5.74) is 0.511. The van der Waals surface area contributed by atoms with Crippen LogP contribution in [0.1, 0.15) is 29.6 Å². The maximum atomic E-state index is 13.1. The first-order valence-electron chi connectivity index (χ1n) is 8.01. The van der Waals surface area contributed by atoms with Crippen molar-refractivity contribution in [3.63, 3.8) is 0 Å². The lowest BCUT2D eigenvalue weighted by molar-refractivity contribution is -0.100. The summed E-state index contributed by atoms with van der Waals surface area (Å²) in [7, 11) is 3.15. The average molecular weight is 321 g/mol. The van der Waals surface area contributed by atoms with Crippen molar-refractivity contribution in [2.45, 2.75) is 31.6 Å². The van der Waals surface area contributed by atoms with Crippen LogP contribution in [-0.4, -0.2) is 57.1 Å². The zero-order chi connectivity index (χ0) is 16.2. The molecule has 0 aromatic heterocycles. The van der Waals surface area contributed by atoms with E-state index in [2.05, 4.69) is 0 Å². The van der Waals surface area contributed by atoms with E-state index in [1.165, 1.54) is 0 Å². The SMILES string of the molecule is COc1ccc(OC)c(C(=O)N2CCCC[C@H]2C2OCCO2)c1. The van der Waals surface area contributed by atoms with Crippen LogP contribution in [0.2, 0.25) is 0 Å². The quantitative estimate of drug-likeness (QED) is 0.850. The Balaban J connectivity index is 1.87. The van der Waals surface area contributed by atoms with Gasteiger partial charge in [-0.1, -0.05) is 0 Å². The lowest BCUT2D eigenvalue weighted by Gasteiger charge is -2.38. The highest BCUT2D eigenvalue weighted by molar-refractivity contribution is 5.97. The molecular weight excluding hydrogens is 298 g/mol. The Kier molecular flexibility index (Phi) is 5.03. The van der Waals surface area contributed by atoms with Crippen LogP contribution in [0.3, 0.4) is 0 Å². The van der Waals surface area contributed by atoms with Crippen LogP contribution in [0.5, 0.6) is 11.5 Å². The van der Waals surface area contributed by atoms with Gasteiger partial charge in [0.25, 0.3) is 5.91 Å². The molecule has 0 bridgehead atoms. The van der Waals surface area contributed by atoms with Crippen molar-refractivity contribution in [2.75, 3.05) is 34.0 Å². The zero-order valence-corrected chi connectivity index (χ0v) is 13.6. The van der Waals surface area contributed by atoms with Gasteiger partial charge in [0.1, 0.15) is 11.5 Å². The number of carbonyl (C=O) groups excluding carboxylic acids is 1. The van der Waals surface area contributed by atoms with E-state index >= 15 is 0 Å². The molecule has 0 unspecified atom stereocenters. The summed E-state index contributed by atoms with van der Waals surface area (Å²) in [6, 6.07) is 5.22. The Labute approximate surface area is 136 Å². The van der Waals surface area contributed by atoms with Gasteiger partial charge in [0, 0.05) is 6.54 Å². The molecule has 2 heterocycles. The molecule has 2 saturated heterocycles. The molecule has 2 fully saturated rings. The minimum absolute atomic E-state index is 0.0466. The van der Waals surface area contributed by atoms with Gasteiger partial charge in [-0.25, -0.2) is 0 Å². The van der Waals surface area contributed by atoms with Gasteiger partial charge in [-0.3, -0.25) is 4.79 Å². The van der Waals surface area contributed by atoms with E-state index in [1.54, 1.807) is 32.4 Å². The Morgan fingerprint density at radius 3 is 2.65 bits per heavy atom. The van der Waals surface area contributed by atoms with E-state index in [1.807, 2.05) is 4.90 Å². The Morgan fingerprint density at radius 2 is 1.96 bits per heavy atom. The molecule has 0 saturated carbocycles. The predicted molar refractivity (Wildman–Crippen MR) is 83.9 cm³/mol.